The van der Waals surface area contributed by atoms with E-state index in [-0.39, 0.29) is 0 Å². The van der Waals surface area contributed by atoms with Crippen LogP contribution in [0, 0.1) is 22.7 Å². The fourth-order valence-corrected chi connectivity index (χ4v) is 13.2. The molecule has 7 nitrogen and oxygen atoms in total. The fourth-order valence-electron chi connectivity index (χ4n) is 11.9. The molecule has 0 amide bonds. The van der Waals surface area contributed by atoms with Gasteiger partial charge in [-0.3, -0.25) is 9.97 Å². The van der Waals surface area contributed by atoms with Crippen LogP contribution >= 0.6 is 11.8 Å². The van der Waals surface area contributed by atoms with Crippen LogP contribution in [0.5, 0.6) is 0 Å². The lowest BCUT2D eigenvalue weighted by Gasteiger charge is -2.41. The number of nitriles is 2. The Hall–Kier alpha value is -9.21. The van der Waals surface area contributed by atoms with E-state index in [1.165, 1.54) is 27.1 Å². The van der Waals surface area contributed by atoms with Gasteiger partial charge in [-0.2, -0.15) is 10.5 Å². The molecular weight excluding hydrogens is 863 g/mol. The Morgan fingerprint density at radius 3 is 1.57 bits per heavy atom. The van der Waals surface area contributed by atoms with Crippen LogP contribution in [0.25, 0.3) is 93.9 Å². The maximum Gasteiger partial charge on any atom is 0.0991 e. The summed E-state index contributed by atoms with van der Waals surface area (Å²) in [5.41, 5.74) is 16.0. The van der Waals surface area contributed by atoms with E-state index in [9.17, 15) is 10.5 Å². The average Bonchev–Trinajstić information content (AvgIpc) is 4.12. The van der Waals surface area contributed by atoms with Crippen LogP contribution in [0.4, 0.5) is 0 Å². The van der Waals surface area contributed by atoms with E-state index < -0.39 is 5.41 Å². The summed E-state index contributed by atoms with van der Waals surface area (Å²) in [5.74, 6) is 0. The van der Waals surface area contributed by atoms with Gasteiger partial charge in [-0.1, -0.05) is 103 Å². The summed E-state index contributed by atoms with van der Waals surface area (Å²) in [6.45, 7) is 0. The molecule has 2 aliphatic rings. The predicted molar refractivity (Wildman–Crippen MR) is 276 cm³/mol. The zero-order valence-corrected chi connectivity index (χ0v) is 37.4. The molecule has 1 unspecified atom stereocenters. The average molecular weight is 896 g/mol. The number of pyridine rings is 2. The second-order valence-electron chi connectivity index (χ2n) is 17.9. The van der Waals surface area contributed by atoms with Crippen LogP contribution in [-0.2, 0) is 5.41 Å². The summed E-state index contributed by atoms with van der Waals surface area (Å²) in [5, 5.41) is 26.6. The summed E-state index contributed by atoms with van der Waals surface area (Å²) >= 11 is 1.80. The topological polar surface area (TPSA) is 88.2 Å². The van der Waals surface area contributed by atoms with E-state index in [4.69, 9.17) is 9.97 Å². The maximum atomic E-state index is 9.97. The van der Waals surface area contributed by atoms with Gasteiger partial charge < -0.3 is 13.7 Å². The summed E-state index contributed by atoms with van der Waals surface area (Å²) in [7, 11) is 0. The van der Waals surface area contributed by atoms with Crippen LogP contribution in [0.3, 0.4) is 0 Å². The molecule has 0 saturated carbocycles. The molecule has 6 heterocycles. The van der Waals surface area contributed by atoms with Crippen molar-refractivity contribution in [3.63, 3.8) is 0 Å². The first-order valence-electron chi connectivity index (χ1n) is 22.9. The van der Waals surface area contributed by atoms with Gasteiger partial charge in [-0.15, -0.1) is 0 Å². The summed E-state index contributed by atoms with van der Waals surface area (Å²) in [6, 6.07) is 71.4. The largest absolute Gasteiger partial charge is 0.309 e. The highest BCUT2D eigenvalue weighted by Crippen LogP contribution is 2.63. The van der Waals surface area contributed by atoms with Crippen molar-refractivity contribution < 1.29 is 0 Å². The monoisotopic (exact) mass is 895 g/mol. The molecule has 5 aromatic heterocycles. The van der Waals surface area contributed by atoms with Crippen molar-refractivity contribution >= 4 is 77.2 Å². The third-order valence-electron chi connectivity index (χ3n) is 14.6. The normalized spacial score (nSPS) is 14.6. The molecule has 318 valence electrons. The quantitative estimate of drug-likeness (QED) is 0.176. The van der Waals surface area contributed by atoms with Gasteiger partial charge in [0.25, 0.3) is 0 Å². The standard InChI is InChI=1S/C61H33N7S/c62-33-36-22-26-53-44(29-36)45-30-37(34-63)23-27-54(45)66(53)38-24-25-46-57(32-38)69-56-21-9-20-55(68-51-18-7-3-13-42(51)43-14-4-8-19-52(43)68)58(56)61(46)47-15-10-28-64-59(47)60-48(61)31-39(35-65-60)67-49-16-5-1-11-40(49)41-12-2-6-17-50(41)67/h1-32,35H. The Balaban J connectivity index is 1.07. The molecule has 1 aliphatic heterocycles. The summed E-state index contributed by atoms with van der Waals surface area (Å²) in [6.07, 6.45) is 3.91. The molecule has 0 N–H and O–H groups in total. The van der Waals surface area contributed by atoms with E-state index in [0.29, 0.717) is 11.1 Å². The van der Waals surface area contributed by atoms with Crippen LogP contribution in [0.15, 0.2) is 210 Å². The third kappa shape index (κ3) is 4.95. The van der Waals surface area contributed by atoms with Gasteiger partial charge >= 0.3 is 0 Å². The lowest BCUT2D eigenvalue weighted by molar-refractivity contribution is 0.711. The molecule has 0 bridgehead atoms. The molecule has 8 aromatic carbocycles. The number of fused-ring (bicyclic) bond motifs is 18. The van der Waals surface area contributed by atoms with E-state index >= 15 is 0 Å². The highest BCUT2D eigenvalue weighted by Gasteiger charge is 2.53. The van der Waals surface area contributed by atoms with Crippen LogP contribution < -0.4 is 0 Å². The first-order valence-corrected chi connectivity index (χ1v) is 23.7. The number of rotatable bonds is 3. The van der Waals surface area contributed by atoms with Crippen molar-refractivity contribution in [1.29, 1.82) is 10.5 Å². The van der Waals surface area contributed by atoms with Gasteiger partial charge in [0.15, 0.2) is 0 Å². The Kier molecular flexibility index (Phi) is 7.65. The Labute approximate surface area is 399 Å². The second kappa shape index (κ2) is 13.9. The van der Waals surface area contributed by atoms with E-state index in [1.54, 1.807) is 11.8 Å². The first-order chi connectivity index (χ1) is 34.1. The van der Waals surface area contributed by atoms with Crippen LogP contribution in [-0.4, -0.2) is 23.7 Å². The van der Waals surface area contributed by atoms with E-state index in [0.717, 1.165) is 98.8 Å². The summed E-state index contributed by atoms with van der Waals surface area (Å²) in [4.78, 5) is 12.9. The second-order valence-corrected chi connectivity index (χ2v) is 19.0. The van der Waals surface area contributed by atoms with Gasteiger partial charge in [0.1, 0.15) is 0 Å². The molecule has 1 aliphatic carbocycles. The van der Waals surface area contributed by atoms with E-state index in [2.05, 4.69) is 177 Å². The van der Waals surface area contributed by atoms with Crippen molar-refractivity contribution in [2.75, 3.05) is 0 Å². The number of para-hydroxylation sites is 4. The number of hydrogen-bond donors (Lipinski definition) is 0. The minimum atomic E-state index is -0.873. The minimum Gasteiger partial charge on any atom is -0.309 e. The maximum absolute atomic E-state index is 9.97. The molecule has 0 saturated heterocycles. The Bertz CT molecular complexity index is 4340. The van der Waals surface area contributed by atoms with Crippen molar-refractivity contribution in [2.45, 2.75) is 15.2 Å². The molecular formula is C61H33N7S. The smallest absolute Gasteiger partial charge is 0.0991 e. The molecule has 8 heteroatoms. The van der Waals surface area contributed by atoms with Crippen molar-refractivity contribution in [3.05, 3.63) is 234 Å². The zero-order chi connectivity index (χ0) is 45.5. The first kappa shape index (κ1) is 38.0. The number of aromatic nitrogens is 5. The van der Waals surface area contributed by atoms with Crippen LogP contribution in [0.1, 0.15) is 33.4 Å². The van der Waals surface area contributed by atoms with Gasteiger partial charge in [-0.05, 0) is 108 Å². The molecule has 69 heavy (non-hydrogen) atoms. The minimum absolute atomic E-state index is 0.573. The van der Waals surface area contributed by atoms with Gasteiger partial charge in [-0.25, -0.2) is 0 Å². The van der Waals surface area contributed by atoms with Crippen molar-refractivity contribution in [1.82, 2.24) is 23.7 Å². The highest BCUT2D eigenvalue weighted by molar-refractivity contribution is 7.99. The van der Waals surface area contributed by atoms with Gasteiger partial charge in [0.05, 0.1) is 90.7 Å². The third-order valence-corrected chi connectivity index (χ3v) is 15.7. The SMILES string of the molecule is N#Cc1ccc2c(c1)c1cc(C#N)ccc1n2-c1ccc2c(c1)Sc1cccc(-n3c4ccccc4c4ccccc43)c1C21c2cccnc2-c2ncc(-n3c4ccccc4c4ccccc43)cc21. The lowest BCUT2D eigenvalue weighted by Crippen LogP contribution is -2.33. The van der Waals surface area contributed by atoms with Crippen LogP contribution in [0.2, 0.25) is 0 Å². The Morgan fingerprint density at radius 1 is 0.406 bits per heavy atom. The predicted octanol–water partition coefficient (Wildman–Crippen LogP) is 14.3. The number of hydrogen-bond acceptors (Lipinski definition) is 5. The molecule has 0 radical (unpaired) electrons. The molecule has 1 spiro atoms. The summed E-state index contributed by atoms with van der Waals surface area (Å²) < 4.78 is 7.10. The number of benzene rings is 8. The number of nitrogens with zero attached hydrogens (tertiary/aromatic N) is 7. The van der Waals surface area contributed by atoms with Gasteiger partial charge in [0.2, 0.25) is 0 Å². The molecule has 13 aromatic rings. The zero-order valence-electron chi connectivity index (χ0n) is 36.6. The van der Waals surface area contributed by atoms with Crippen molar-refractivity contribution in [3.8, 4) is 40.6 Å². The lowest BCUT2D eigenvalue weighted by atomic mass is 9.67. The van der Waals surface area contributed by atoms with E-state index in [1.807, 2.05) is 48.8 Å². The van der Waals surface area contributed by atoms with Gasteiger partial charge in [0, 0.05) is 65.1 Å². The molecule has 1 atom stereocenters. The highest BCUT2D eigenvalue weighted by atomic mass is 32.2. The molecule has 15 rings (SSSR count). The fraction of sp³-hybridized carbons (Fsp3) is 0.0164. The van der Waals surface area contributed by atoms with Crippen molar-refractivity contribution in [2.24, 2.45) is 0 Å². The molecule has 0 fully saturated rings. The Morgan fingerprint density at radius 2 is 0.957 bits per heavy atom.